The first-order valence-electron chi connectivity index (χ1n) is 9.69. The number of halogens is 2. The number of nitrogens with one attached hydrogen (secondary N) is 2. The number of hydrogen-bond donors (Lipinski definition) is 2. The van der Waals surface area contributed by atoms with Crippen LogP contribution in [-0.4, -0.2) is 58.2 Å². The number of H-pyrrole nitrogens is 1. The summed E-state index contributed by atoms with van der Waals surface area (Å²) < 4.78 is 34.7. The van der Waals surface area contributed by atoms with Crippen molar-refractivity contribution in [3.8, 4) is 23.1 Å². The Balaban J connectivity index is 1.57. The van der Waals surface area contributed by atoms with Crippen molar-refractivity contribution < 1.29 is 13.5 Å². The molecule has 0 amide bonds. The van der Waals surface area contributed by atoms with Crippen LogP contribution < -0.4 is 10.1 Å². The topological polar surface area (TPSA) is 103 Å². The minimum absolute atomic E-state index is 0.216. The summed E-state index contributed by atoms with van der Waals surface area (Å²) >= 11 is 0. The van der Waals surface area contributed by atoms with Crippen LogP contribution in [0.5, 0.6) is 5.75 Å². The van der Waals surface area contributed by atoms with E-state index in [1.54, 1.807) is 36.2 Å². The molecular weight excluding hydrogens is 404 g/mol. The van der Waals surface area contributed by atoms with Gasteiger partial charge in [-0.15, -0.1) is 0 Å². The second kappa shape index (κ2) is 8.28. The van der Waals surface area contributed by atoms with E-state index in [0.717, 1.165) is 0 Å². The molecule has 10 heteroatoms. The number of alkyl halides is 2. The smallest absolute Gasteiger partial charge is 0.267 e. The fourth-order valence-corrected chi connectivity index (χ4v) is 3.77. The lowest BCUT2D eigenvalue weighted by molar-refractivity contribution is -0.0765. The first-order chi connectivity index (χ1) is 14.9. The van der Waals surface area contributed by atoms with Crippen LogP contribution in [0.3, 0.4) is 0 Å². The first kappa shape index (κ1) is 20.7. The highest BCUT2D eigenvalue weighted by atomic mass is 19.3. The molecule has 1 saturated heterocycles. The summed E-state index contributed by atoms with van der Waals surface area (Å²) in [5.74, 6) is -2.24. The fraction of sp³-hybridized carbons (Fsp3) is 0.333. The van der Waals surface area contributed by atoms with Crippen LogP contribution in [0.4, 0.5) is 20.4 Å². The quantitative estimate of drug-likeness (QED) is 0.644. The average molecular weight is 425 g/mol. The Hall–Kier alpha value is -3.58. The van der Waals surface area contributed by atoms with Crippen molar-refractivity contribution in [2.24, 2.45) is 0 Å². The van der Waals surface area contributed by atoms with Crippen LogP contribution in [0, 0.1) is 11.3 Å². The molecule has 0 bridgehead atoms. The van der Waals surface area contributed by atoms with Gasteiger partial charge in [-0.25, -0.2) is 18.7 Å². The van der Waals surface area contributed by atoms with Gasteiger partial charge >= 0.3 is 0 Å². The number of likely N-dealkylation sites (tertiary alicyclic amines) is 1. The van der Waals surface area contributed by atoms with Crippen molar-refractivity contribution in [1.29, 1.82) is 5.26 Å². The van der Waals surface area contributed by atoms with E-state index >= 15 is 0 Å². The fourth-order valence-electron chi connectivity index (χ4n) is 3.77. The zero-order valence-electron chi connectivity index (χ0n) is 17.1. The number of rotatable bonds is 5. The van der Waals surface area contributed by atoms with E-state index in [4.69, 9.17) is 10.00 Å². The summed E-state index contributed by atoms with van der Waals surface area (Å²) in [7, 11) is 3.22. The summed E-state index contributed by atoms with van der Waals surface area (Å²) in [6.07, 6.45) is 3.18. The van der Waals surface area contributed by atoms with E-state index in [1.807, 2.05) is 6.07 Å². The highest BCUT2D eigenvalue weighted by Crippen LogP contribution is 2.42. The maximum absolute atomic E-state index is 14.6. The lowest BCUT2D eigenvalue weighted by Gasteiger charge is -2.36. The minimum Gasteiger partial charge on any atom is -0.496 e. The Morgan fingerprint density at radius 1 is 1.26 bits per heavy atom. The number of ether oxygens (including phenoxy) is 1. The molecule has 1 atom stereocenters. The Morgan fingerprint density at radius 2 is 2.10 bits per heavy atom. The molecule has 1 aliphatic rings. The molecule has 0 saturated carbocycles. The molecule has 1 aliphatic heterocycles. The second-order valence-corrected chi connectivity index (χ2v) is 7.49. The molecule has 31 heavy (non-hydrogen) atoms. The molecule has 3 aromatic rings. The van der Waals surface area contributed by atoms with Crippen LogP contribution in [-0.2, 0) is 0 Å². The van der Waals surface area contributed by atoms with Crippen molar-refractivity contribution in [2.75, 3.05) is 32.6 Å². The monoisotopic (exact) mass is 425 g/mol. The minimum atomic E-state index is -2.80. The summed E-state index contributed by atoms with van der Waals surface area (Å²) in [6.45, 7) is 0.369. The number of methoxy groups -OCH3 is 1. The SMILES string of the molecule is COc1cc(C2CCN(C)CC2(F)F)ccc1-c1cc(Nc2cnc(C#N)cn2)n[nH]1. The Kier molecular flexibility index (Phi) is 5.52. The number of nitriles is 1. The third-order valence-electron chi connectivity index (χ3n) is 5.31. The number of benzene rings is 1. The number of anilines is 2. The van der Waals surface area contributed by atoms with E-state index in [1.165, 1.54) is 19.5 Å². The largest absolute Gasteiger partial charge is 0.496 e. The van der Waals surface area contributed by atoms with Gasteiger partial charge in [0.25, 0.3) is 5.92 Å². The van der Waals surface area contributed by atoms with Gasteiger partial charge in [-0.2, -0.15) is 10.4 Å². The average Bonchev–Trinajstić information content (AvgIpc) is 3.21. The number of aromatic amines is 1. The third-order valence-corrected chi connectivity index (χ3v) is 5.31. The molecule has 2 N–H and O–H groups in total. The highest BCUT2D eigenvalue weighted by Gasteiger charge is 2.44. The van der Waals surface area contributed by atoms with E-state index in [2.05, 4.69) is 25.5 Å². The van der Waals surface area contributed by atoms with Gasteiger partial charge in [-0.05, 0) is 37.7 Å². The van der Waals surface area contributed by atoms with Crippen molar-refractivity contribution in [2.45, 2.75) is 18.3 Å². The predicted octanol–water partition coefficient (Wildman–Crippen LogP) is 3.54. The lowest BCUT2D eigenvalue weighted by Crippen LogP contribution is -2.45. The molecule has 0 aliphatic carbocycles. The zero-order valence-corrected chi connectivity index (χ0v) is 17.1. The normalized spacial score (nSPS) is 18.4. The summed E-state index contributed by atoms with van der Waals surface area (Å²) in [5, 5.41) is 18.9. The van der Waals surface area contributed by atoms with Gasteiger partial charge in [0, 0.05) is 11.6 Å². The maximum Gasteiger partial charge on any atom is 0.267 e. The summed E-state index contributed by atoms with van der Waals surface area (Å²) in [6, 6.07) is 8.83. The van der Waals surface area contributed by atoms with Crippen LogP contribution in [0.25, 0.3) is 11.3 Å². The van der Waals surface area contributed by atoms with Crippen molar-refractivity contribution in [1.82, 2.24) is 25.1 Å². The highest BCUT2D eigenvalue weighted by molar-refractivity contribution is 5.71. The number of aromatic nitrogens is 4. The number of hydrogen-bond acceptors (Lipinski definition) is 7. The number of nitrogens with zero attached hydrogens (tertiary/aromatic N) is 5. The van der Waals surface area contributed by atoms with Crippen molar-refractivity contribution in [3.63, 3.8) is 0 Å². The van der Waals surface area contributed by atoms with Gasteiger partial charge in [-0.1, -0.05) is 6.07 Å². The predicted molar refractivity (Wildman–Crippen MR) is 110 cm³/mol. The standard InChI is InChI=1S/C21H21F2N7O/c1-30-6-5-16(21(22,23)12-30)13-3-4-15(18(7-13)31-2)17-8-19(29-28-17)27-20-11-25-14(9-24)10-26-20/h3-4,7-8,10-11,16H,5-6,12H2,1-2H3,(H2,26,27,28,29). The van der Waals surface area contributed by atoms with Gasteiger partial charge in [0.05, 0.1) is 37.7 Å². The van der Waals surface area contributed by atoms with Gasteiger partial charge < -0.3 is 15.0 Å². The summed E-state index contributed by atoms with van der Waals surface area (Å²) in [4.78, 5) is 9.69. The first-order valence-corrected chi connectivity index (χ1v) is 9.69. The van der Waals surface area contributed by atoms with E-state index < -0.39 is 11.8 Å². The third kappa shape index (κ3) is 4.32. The number of piperidine rings is 1. The molecule has 2 aromatic heterocycles. The molecule has 1 fully saturated rings. The molecule has 0 spiro atoms. The molecular formula is C21H21F2N7O. The zero-order chi connectivity index (χ0) is 22.0. The van der Waals surface area contributed by atoms with E-state index in [0.29, 0.717) is 47.2 Å². The Morgan fingerprint density at radius 3 is 2.77 bits per heavy atom. The Bertz CT molecular complexity index is 1110. The van der Waals surface area contributed by atoms with Crippen LogP contribution in [0.1, 0.15) is 23.6 Å². The van der Waals surface area contributed by atoms with Crippen molar-refractivity contribution >= 4 is 11.6 Å². The van der Waals surface area contributed by atoms with Crippen LogP contribution >= 0.6 is 0 Å². The molecule has 8 nitrogen and oxygen atoms in total. The van der Waals surface area contributed by atoms with E-state index in [-0.39, 0.29) is 12.2 Å². The molecule has 3 heterocycles. The van der Waals surface area contributed by atoms with Crippen molar-refractivity contribution in [3.05, 3.63) is 47.9 Å². The maximum atomic E-state index is 14.6. The molecule has 160 valence electrons. The molecule has 1 aromatic carbocycles. The van der Waals surface area contributed by atoms with Gasteiger partial charge in [-0.3, -0.25) is 5.10 Å². The van der Waals surface area contributed by atoms with Gasteiger partial charge in [0.15, 0.2) is 11.5 Å². The van der Waals surface area contributed by atoms with Crippen LogP contribution in [0.2, 0.25) is 0 Å². The Labute approximate surface area is 177 Å². The second-order valence-electron chi connectivity index (χ2n) is 7.49. The van der Waals surface area contributed by atoms with E-state index in [9.17, 15) is 8.78 Å². The van der Waals surface area contributed by atoms with Crippen LogP contribution in [0.15, 0.2) is 36.7 Å². The summed E-state index contributed by atoms with van der Waals surface area (Å²) in [5.41, 5.74) is 2.13. The van der Waals surface area contributed by atoms with Gasteiger partial charge in [0.1, 0.15) is 17.6 Å². The molecule has 1 unspecified atom stereocenters. The molecule has 0 radical (unpaired) electrons. The lowest BCUT2D eigenvalue weighted by atomic mass is 9.85. The van der Waals surface area contributed by atoms with Gasteiger partial charge in [0.2, 0.25) is 0 Å². The molecule has 4 rings (SSSR count).